The maximum absolute atomic E-state index is 6.06. The summed E-state index contributed by atoms with van der Waals surface area (Å²) in [7, 11) is 0. The third-order valence-corrected chi connectivity index (χ3v) is 3.09. The van der Waals surface area contributed by atoms with E-state index in [4.69, 9.17) is 33.7 Å². The fraction of sp³-hybridized carbons (Fsp3) is 0.364. The van der Waals surface area contributed by atoms with Crippen LogP contribution >= 0.6 is 23.2 Å². The summed E-state index contributed by atoms with van der Waals surface area (Å²) < 4.78 is 5.08. The van der Waals surface area contributed by atoms with E-state index in [1.165, 1.54) is 0 Å². The van der Waals surface area contributed by atoms with Gasteiger partial charge in [0.15, 0.2) is 0 Å². The molecule has 2 rings (SSSR count). The predicted molar refractivity (Wildman–Crippen MR) is 66.1 cm³/mol. The summed E-state index contributed by atoms with van der Waals surface area (Å²) in [5.41, 5.74) is 6.47. The van der Waals surface area contributed by atoms with Gasteiger partial charge in [0.1, 0.15) is 6.61 Å². The molecule has 5 heteroatoms. The monoisotopic (exact) mass is 258 g/mol. The molecule has 1 aromatic carbocycles. The van der Waals surface area contributed by atoms with Gasteiger partial charge in [0.25, 0.3) is 6.02 Å². The molecule has 0 spiro atoms. The van der Waals surface area contributed by atoms with E-state index < -0.39 is 0 Å². The fourth-order valence-electron chi connectivity index (χ4n) is 1.64. The second-order valence-corrected chi connectivity index (χ2v) is 4.55. The first-order valence-corrected chi connectivity index (χ1v) is 5.81. The second-order valence-electron chi connectivity index (χ2n) is 3.71. The minimum absolute atomic E-state index is 0.134. The third-order valence-electron chi connectivity index (χ3n) is 2.49. The maximum atomic E-state index is 6.06. The standard InChI is InChI=1S/C11H12Cl2N2O/c12-8-2-4-10(13)7(5-8)1-3-9-6-16-11(14)15-9/h2,4-5,9H,1,3,6H2,(H2,14,15). The van der Waals surface area contributed by atoms with Gasteiger partial charge in [0.05, 0.1) is 6.04 Å². The first kappa shape index (κ1) is 11.6. The molecule has 3 nitrogen and oxygen atoms in total. The quantitative estimate of drug-likeness (QED) is 0.907. The van der Waals surface area contributed by atoms with Crippen LogP contribution in [-0.4, -0.2) is 18.7 Å². The largest absolute Gasteiger partial charge is 0.463 e. The molecular formula is C11H12Cl2N2O. The smallest absolute Gasteiger partial charge is 0.282 e. The number of rotatable bonds is 3. The third kappa shape index (κ3) is 2.80. The van der Waals surface area contributed by atoms with Gasteiger partial charge in [-0.05, 0) is 36.6 Å². The highest BCUT2D eigenvalue weighted by Crippen LogP contribution is 2.23. The molecule has 0 fully saturated rings. The molecule has 86 valence electrons. The van der Waals surface area contributed by atoms with Crippen LogP contribution in [0.5, 0.6) is 0 Å². The van der Waals surface area contributed by atoms with E-state index in [1.54, 1.807) is 6.07 Å². The van der Waals surface area contributed by atoms with Crippen molar-refractivity contribution in [1.82, 2.24) is 0 Å². The zero-order valence-electron chi connectivity index (χ0n) is 8.62. The Balaban J connectivity index is 1.97. The molecule has 1 unspecified atom stereocenters. The minimum Gasteiger partial charge on any atom is -0.463 e. The average Bonchev–Trinajstić information content (AvgIpc) is 2.66. The van der Waals surface area contributed by atoms with E-state index >= 15 is 0 Å². The van der Waals surface area contributed by atoms with E-state index in [-0.39, 0.29) is 12.1 Å². The lowest BCUT2D eigenvalue weighted by Gasteiger charge is -2.07. The summed E-state index contributed by atoms with van der Waals surface area (Å²) in [6.45, 7) is 0.560. The molecule has 0 saturated heterocycles. The molecule has 0 saturated carbocycles. The van der Waals surface area contributed by atoms with Crippen LogP contribution in [0.2, 0.25) is 10.0 Å². The van der Waals surface area contributed by atoms with Crippen LogP contribution < -0.4 is 5.73 Å². The molecule has 1 aliphatic heterocycles. The van der Waals surface area contributed by atoms with Gasteiger partial charge in [0, 0.05) is 10.0 Å². The number of halogens is 2. The Bertz CT molecular complexity index is 420. The van der Waals surface area contributed by atoms with Crippen LogP contribution in [0.25, 0.3) is 0 Å². The number of benzene rings is 1. The Morgan fingerprint density at radius 2 is 2.25 bits per heavy atom. The summed E-state index contributed by atoms with van der Waals surface area (Å²) in [6, 6.07) is 5.88. The summed E-state index contributed by atoms with van der Waals surface area (Å²) in [5, 5.41) is 1.44. The normalized spacial score (nSPS) is 19.4. The van der Waals surface area contributed by atoms with E-state index in [9.17, 15) is 0 Å². The van der Waals surface area contributed by atoms with Crippen molar-refractivity contribution in [2.24, 2.45) is 10.7 Å². The fourth-order valence-corrected chi connectivity index (χ4v) is 2.05. The van der Waals surface area contributed by atoms with Crippen molar-refractivity contribution in [1.29, 1.82) is 0 Å². The minimum atomic E-state index is 0.134. The molecule has 1 heterocycles. The second kappa shape index (κ2) is 4.93. The molecule has 0 aromatic heterocycles. The SMILES string of the molecule is NC1=NC(CCc2cc(Cl)ccc2Cl)CO1. The van der Waals surface area contributed by atoms with E-state index in [0.29, 0.717) is 11.6 Å². The summed E-state index contributed by atoms with van der Waals surface area (Å²) in [6.07, 6.45) is 1.69. The first-order chi connectivity index (χ1) is 7.65. The lowest BCUT2D eigenvalue weighted by Crippen LogP contribution is -2.10. The number of nitrogens with zero attached hydrogens (tertiary/aromatic N) is 1. The van der Waals surface area contributed by atoms with Crippen LogP contribution in [0.1, 0.15) is 12.0 Å². The average molecular weight is 259 g/mol. The van der Waals surface area contributed by atoms with Crippen molar-refractivity contribution in [3.05, 3.63) is 33.8 Å². The summed E-state index contributed by atoms with van der Waals surface area (Å²) >= 11 is 12.0. The van der Waals surface area contributed by atoms with Gasteiger partial charge in [-0.1, -0.05) is 23.2 Å². The molecule has 0 aliphatic carbocycles. The summed E-state index contributed by atoms with van der Waals surface area (Å²) in [5.74, 6) is 0. The Labute approximate surface area is 104 Å². The van der Waals surface area contributed by atoms with Gasteiger partial charge in [-0.2, -0.15) is 0 Å². The van der Waals surface area contributed by atoms with Gasteiger partial charge in [-0.25, -0.2) is 4.99 Å². The lowest BCUT2D eigenvalue weighted by molar-refractivity contribution is 0.308. The van der Waals surface area contributed by atoms with Crippen molar-refractivity contribution < 1.29 is 4.74 Å². The van der Waals surface area contributed by atoms with Crippen LogP contribution in [0.4, 0.5) is 0 Å². The molecule has 16 heavy (non-hydrogen) atoms. The predicted octanol–water partition coefficient (Wildman–Crippen LogP) is 2.64. The summed E-state index contributed by atoms with van der Waals surface area (Å²) in [4.78, 5) is 4.15. The van der Waals surface area contributed by atoms with Crippen molar-refractivity contribution in [2.45, 2.75) is 18.9 Å². The molecular weight excluding hydrogens is 247 g/mol. The van der Waals surface area contributed by atoms with Crippen LogP contribution in [0.3, 0.4) is 0 Å². The Morgan fingerprint density at radius 1 is 1.44 bits per heavy atom. The van der Waals surface area contributed by atoms with Crippen molar-refractivity contribution in [3.63, 3.8) is 0 Å². The first-order valence-electron chi connectivity index (χ1n) is 5.05. The topological polar surface area (TPSA) is 47.6 Å². The Morgan fingerprint density at radius 3 is 2.94 bits per heavy atom. The molecule has 2 N–H and O–H groups in total. The zero-order chi connectivity index (χ0) is 11.5. The Hall–Kier alpha value is -0.930. The lowest BCUT2D eigenvalue weighted by atomic mass is 10.1. The zero-order valence-corrected chi connectivity index (χ0v) is 10.1. The molecule has 1 aliphatic rings. The van der Waals surface area contributed by atoms with E-state index in [0.717, 1.165) is 23.4 Å². The highest BCUT2D eigenvalue weighted by atomic mass is 35.5. The number of amidine groups is 1. The number of aryl methyl sites for hydroxylation is 1. The van der Waals surface area contributed by atoms with Gasteiger partial charge >= 0.3 is 0 Å². The maximum Gasteiger partial charge on any atom is 0.282 e. The van der Waals surface area contributed by atoms with Gasteiger partial charge in [-0.15, -0.1) is 0 Å². The Kier molecular flexibility index (Phi) is 3.56. The van der Waals surface area contributed by atoms with Crippen molar-refractivity contribution >= 4 is 29.2 Å². The number of hydrogen-bond acceptors (Lipinski definition) is 3. The van der Waals surface area contributed by atoms with Gasteiger partial charge in [-0.3, -0.25) is 0 Å². The number of nitrogens with two attached hydrogens (primary N) is 1. The highest BCUT2D eigenvalue weighted by molar-refractivity contribution is 6.33. The van der Waals surface area contributed by atoms with Crippen LogP contribution in [0, 0.1) is 0 Å². The van der Waals surface area contributed by atoms with Crippen molar-refractivity contribution in [2.75, 3.05) is 6.61 Å². The molecule has 0 amide bonds. The molecule has 1 atom stereocenters. The molecule has 0 radical (unpaired) electrons. The molecule has 0 bridgehead atoms. The van der Waals surface area contributed by atoms with E-state index in [1.807, 2.05) is 12.1 Å². The molecule has 1 aromatic rings. The highest BCUT2D eigenvalue weighted by Gasteiger charge is 2.16. The van der Waals surface area contributed by atoms with E-state index in [2.05, 4.69) is 4.99 Å². The number of ether oxygens (including phenoxy) is 1. The van der Waals surface area contributed by atoms with Crippen LogP contribution in [-0.2, 0) is 11.2 Å². The number of aliphatic imine (C=N–C) groups is 1. The van der Waals surface area contributed by atoms with Crippen molar-refractivity contribution in [3.8, 4) is 0 Å². The van der Waals surface area contributed by atoms with Gasteiger partial charge in [0.2, 0.25) is 0 Å². The number of hydrogen-bond donors (Lipinski definition) is 1. The van der Waals surface area contributed by atoms with Gasteiger partial charge < -0.3 is 10.5 Å². The van der Waals surface area contributed by atoms with Crippen LogP contribution in [0.15, 0.2) is 23.2 Å².